The first kappa shape index (κ1) is 21.1. The maximum atomic E-state index is 11.8. The first-order chi connectivity index (χ1) is 13.6. The highest BCUT2D eigenvalue weighted by molar-refractivity contribution is 5.82. The van der Waals surface area contributed by atoms with Crippen LogP contribution in [0.5, 0.6) is 17.2 Å². The molecule has 28 heavy (non-hydrogen) atoms. The van der Waals surface area contributed by atoms with Crippen LogP contribution in [0.2, 0.25) is 0 Å². The van der Waals surface area contributed by atoms with Gasteiger partial charge in [0.25, 0.3) is 5.91 Å². The van der Waals surface area contributed by atoms with Gasteiger partial charge in [-0.05, 0) is 50.1 Å². The number of carbonyl (C=O) groups excluding carboxylic acids is 2. The van der Waals surface area contributed by atoms with Crippen molar-refractivity contribution in [3.05, 3.63) is 54.1 Å². The summed E-state index contributed by atoms with van der Waals surface area (Å²) < 4.78 is 16.4. The van der Waals surface area contributed by atoms with E-state index in [-0.39, 0.29) is 18.9 Å². The smallest absolute Gasteiger partial charge is 0.276 e. The zero-order valence-corrected chi connectivity index (χ0v) is 16.2. The Kier molecular flexibility index (Phi) is 8.65. The first-order valence-electron chi connectivity index (χ1n) is 9.20. The number of nitrogens with one attached hydrogen (secondary N) is 2. The van der Waals surface area contributed by atoms with Crippen LogP contribution >= 0.6 is 0 Å². The summed E-state index contributed by atoms with van der Waals surface area (Å²) in [5.41, 5.74) is 5.80. The van der Waals surface area contributed by atoms with Crippen molar-refractivity contribution >= 4 is 11.8 Å². The van der Waals surface area contributed by atoms with Crippen LogP contribution < -0.4 is 25.1 Å². The Morgan fingerprint density at radius 3 is 2.32 bits per heavy atom. The molecule has 2 aromatic rings. The molecule has 0 radical (unpaired) electrons. The summed E-state index contributed by atoms with van der Waals surface area (Å²) in [4.78, 5) is 23.6. The van der Waals surface area contributed by atoms with Crippen LogP contribution in [0.25, 0.3) is 0 Å². The Bertz CT molecular complexity index is 779. The normalized spacial score (nSPS) is 10.1. The molecule has 0 heterocycles. The molecular formula is C21H26N2O5. The molecule has 0 aromatic heterocycles. The maximum Gasteiger partial charge on any atom is 0.276 e. The van der Waals surface area contributed by atoms with Crippen LogP contribution in [0.15, 0.2) is 48.5 Å². The van der Waals surface area contributed by atoms with E-state index < -0.39 is 5.91 Å². The van der Waals surface area contributed by atoms with Crippen molar-refractivity contribution in [2.24, 2.45) is 0 Å². The van der Waals surface area contributed by atoms with Crippen LogP contribution in [0, 0.1) is 6.92 Å². The van der Waals surface area contributed by atoms with Crippen LogP contribution in [-0.4, -0.2) is 31.6 Å². The van der Waals surface area contributed by atoms with Gasteiger partial charge in [0.15, 0.2) is 18.1 Å². The molecule has 7 nitrogen and oxygen atoms in total. The number of carbonyl (C=O) groups is 2. The molecule has 0 bridgehead atoms. The van der Waals surface area contributed by atoms with Gasteiger partial charge in [-0.15, -0.1) is 0 Å². The van der Waals surface area contributed by atoms with Crippen molar-refractivity contribution in [2.45, 2.75) is 26.7 Å². The summed E-state index contributed by atoms with van der Waals surface area (Å²) >= 11 is 0. The number of amides is 2. The summed E-state index contributed by atoms with van der Waals surface area (Å²) in [5.74, 6) is 1.05. The Labute approximate surface area is 165 Å². The number of para-hydroxylation sites is 2. The number of hydrogen-bond donors (Lipinski definition) is 2. The molecule has 7 heteroatoms. The van der Waals surface area contributed by atoms with Gasteiger partial charge in [0, 0.05) is 6.42 Å². The molecule has 2 amide bonds. The number of rotatable bonds is 10. The lowest BCUT2D eigenvalue weighted by atomic mass is 10.2. The molecule has 0 atom stereocenters. The second-order valence-corrected chi connectivity index (χ2v) is 6.03. The minimum atomic E-state index is -0.462. The van der Waals surface area contributed by atoms with E-state index in [1.54, 1.807) is 18.2 Å². The summed E-state index contributed by atoms with van der Waals surface area (Å²) in [6, 6.07) is 14.8. The minimum Gasteiger partial charge on any atom is -0.494 e. The second kappa shape index (κ2) is 11.5. The Morgan fingerprint density at radius 2 is 1.61 bits per heavy atom. The number of hydrogen-bond acceptors (Lipinski definition) is 5. The number of ether oxygens (including phenoxy) is 3. The molecule has 0 aliphatic carbocycles. The first-order valence-corrected chi connectivity index (χ1v) is 9.20. The van der Waals surface area contributed by atoms with Gasteiger partial charge in [-0.2, -0.15) is 0 Å². The predicted molar refractivity (Wildman–Crippen MR) is 105 cm³/mol. The van der Waals surface area contributed by atoms with Crippen molar-refractivity contribution in [3.8, 4) is 17.2 Å². The SMILES string of the molecule is CCOc1ccccc1OCC(=O)NNC(=O)CCCOc1cccc(C)c1. The van der Waals surface area contributed by atoms with Gasteiger partial charge in [-0.3, -0.25) is 20.4 Å². The molecule has 150 valence electrons. The summed E-state index contributed by atoms with van der Waals surface area (Å²) in [5, 5.41) is 0. The van der Waals surface area contributed by atoms with E-state index >= 15 is 0 Å². The van der Waals surface area contributed by atoms with Gasteiger partial charge in [-0.25, -0.2) is 0 Å². The molecular weight excluding hydrogens is 360 g/mol. The molecule has 0 fully saturated rings. The molecule has 0 saturated heterocycles. The molecule has 0 saturated carbocycles. The highest BCUT2D eigenvalue weighted by Gasteiger charge is 2.08. The van der Waals surface area contributed by atoms with Gasteiger partial charge in [0.1, 0.15) is 5.75 Å². The summed E-state index contributed by atoms with van der Waals surface area (Å²) in [7, 11) is 0. The Hall–Kier alpha value is -3.22. The second-order valence-electron chi connectivity index (χ2n) is 6.03. The highest BCUT2D eigenvalue weighted by atomic mass is 16.5. The average molecular weight is 386 g/mol. The average Bonchev–Trinajstić information content (AvgIpc) is 2.69. The van der Waals surface area contributed by atoms with Gasteiger partial charge >= 0.3 is 0 Å². The van der Waals surface area contributed by atoms with Gasteiger partial charge < -0.3 is 14.2 Å². The zero-order chi connectivity index (χ0) is 20.2. The molecule has 0 unspecified atom stereocenters. The van der Waals surface area contributed by atoms with E-state index in [9.17, 15) is 9.59 Å². The van der Waals surface area contributed by atoms with Crippen molar-refractivity contribution in [1.29, 1.82) is 0 Å². The van der Waals surface area contributed by atoms with Crippen molar-refractivity contribution in [2.75, 3.05) is 19.8 Å². The third kappa shape index (κ3) is 7.57. The van der Waals surface area contributed by atoms with Crippen molar-refractivity contribution in [1.82, 2.24) is 10.9 Å². The quantitative estimate of drug-likeness (QED) is 0.484. The predicted octanol–water partition coefficient (Wildman–Crippen LogP) is 2.78. The van der Waals surface area contributed by atoms with Gasteiger partial charge in [0.2, 0.25) is 5.91 Å². The monoisotopic (exact) mass is 386 g/mol. The molecule has 2 N–H and O–H groups in total. The fourth-order valence-corrected chi connectivity index (χ4v) is 2.35. The van der Waals surface area contributed by atoms with Crippen LogP contribution in [0.4, 0.5) is 0 Å². The molecule has 0 aliphatic heterocycles. The van der Waals surface area contributed by atoms with Crippen LogP contribution in [0.3, 0.4) is 0 Å². The standard InChI is InChI=1S/C21H26N2O5/c1-3-26-18-10-4-5-11-19(18)28-15-21(25)23-22-20(24)12-7-13-27-17-9-6-8-16(2)14-17/h4-6,8-11,14H,3,7,12-13,15H2,1-2H3,(H,22,24)(H,23,25). The summed E-state index contributed by atoms with van der Waals surface area (Å²) in [6.45, 7) is 4.53. The summed E-state index contributed by atoms with van der Waals surface area (Å²) in [6.07, 6.45) is 0.772. The van der Waals surface area contributed by atoms with E-state index in [2.05, 4.69) is 10.9 Å². The van der Waals surface area contributed by atoms with Gasteiger partial charge in [0.05, 0.1) is 13.2 Å². The van der Waals surface area contributed by atoms with Crippen LogP contribution in [-0.2, 0) is 9.59 Å². The Balaban J connectivity index is 1.61. The lowest BCUT2D eigenvalue weighted by molar-refractivity contribution is -0.130. The topological polar surface area (TPSA) is 85.9 Å². The minimum absolute atomic E-state index is 0.235. The number of hydrazine groups is 1. The molecule has 0 spiro atoms. The van der Waals surface area contributed by atoms with E-state index in [1.165, 1.54) is 0 Å². The largest absolute Gasteiger partial charge is 0.494 e. The van der Waals surface area contributed by atoms with E-state index in [0.29, 0.717) is 31.1 Å². The number of benzene rings is 2. The van der Waals surface area contributed by atoms with Crippen molar-refractivity contribution < 1.29 is 23.8 Å². The number of aryl methyl sites for hydroxylation is 1. The molecule has 2 rings (SSSR count). The third-order valence-electron chi connectivity index (χ3n) is 3.66. The lowest BCUT2D eigenvalue weighted by Gasteiger charge is -2.12. The maximum absolute atomic E-state index is 11.8. The lowest BCUT2D eigenvalue weighted by Crippen LogP contribution is -2.43. The molecule has 0 aliphatic rings. The van der Waals surface area contributed by atoms with Crippen molar-refractivity contribution in [3.63, 3.8) is 0 Å². The highest BCUT2D eigenvalue weighted by Crippen LogP contribution is 2.26. The van der Waals surface area contributed by atoms with E-state index in [1.807, 2.05) is 44.2 Å². The van der Waals surface area contributed by atoms with E-state index in [0.717, 1.165) is 11.3 Å². The van der Waals surface area contributed by atoms with E-state index in [4.69, 9.17) is 14.2 Å². The fourth-order valence-electron chi connectivity index (χ4n) is 2.35. The zero-order valence-electron chi connectivity index (χ0n) is 16.2. The molecule has 2 aromatic carbocycles. The van der Waals surface area contributed by atoms with Gasteiger partial charge in [-0.1, -0.05) is 24.3 Å². The van der Waals surface area contributed by atoms with Crippen LogP contribution in [0.1, 0.15) is 25.3 Å². The fraction of sp³-hybridized carbons (Fsp3) is 0.333. The third-order valence-corrected chi connectivity index (χ3v) is 3.66. The Morgan fingerprint density at radius 1 is 0.893 bits per heavy atom.